The van der Waals surface area contributed by atoms with Gasteiger partial charge in [0.2, 0.25) is 11.8 Å². The first-order valence-corrected chi connectivity index (χ1v) is 6.41. The maximum Gasteiger partial charge on any atom is 0.242 e. The number of amides is 2. The van der Waals surface area contributed by atoms with E-state index in [1.165, 1.54) is 28.0 Å². The van der Waals surface area contributed by atoms with E-state index in [9.17, 15) is 14.0 Å². The standard InChI is InChI=1S/C15H15FN2O3/c1-17-9-15(21)18(10-14(17)20)8-12-4-5-13(16)7-11(12)3-2-6-19/h4-5,7,19H,6,8-10H2,1H3. The molecule has 0 bridgehead atoms. The highest BCUT2D eigenvalue weighted by Crippen LogP contribution is 2.15. The van der Waals surface area contributed by atoms with Crippen molar-refractivity contribution in [2.75, 3.05) is 26.7 Å². The topological polar surface area (TPSA) is 60.9 Å². The third-order valence-corrected chi connectivity index (χ3v) is 3.21. The SMILES string of the molecule is CN1CC(=O)N(Cc2ccc(F)cc2C#CCO)CC1=O. The molecule has 0 atom stereocenters. The van der Waals surface area contributed by atoms with E-state index in [0.29, 0.717) is 11.1 Å². The number of halogens is 1. The fraction of sp³-hybridized carbons (Fsp3) is 0.333. The highest BCUT2D eigenvalue weighted by molar-refractivity contribution is 5.92. The van der Waals surface area contributed by atoms with Crippen molar-refractivity contribution < 1.29 is 19.1 Å². The van der Waals surface area contributed by atoms with Gasteiger partial charge in [-0.25, -0.2) is 4.39 Å². The summed E-state index contributed by atoms with van der Waals surface area (Å²) >= 11 is 0. The molecule has 5 nitrogen and oxygen atoms in total. The second-order valence-electron chi connectivity index (χ2n) is 4.76. The van der Waals surface area contributed by atoms with Crippen molar-refractivity contribution in [1.29, 1.82) is 0 Å². The van der Waals surface area contributed by atoms with E-state index in [-0.39, 0.29) is 38.1 Å². The van der Waals surface area contributed by atoms with E-state index in [2.05, 4.69) is 11.8 Å². The molecule has 0 unspecified atom stereocenters. The van der Waals surface area contributed by atoms with Crippen molar-refractivity contribution in [2.24, 2.45) is 0 Å². The smallest absolute Gasteiger partial charge is 0.242 e. The molecule has 1 heterocycles. The monoisotopic (exact) mass is 290 g/mol. The van der Waals surface area contributed by atoms with E-state index < -0.39 is 5.82 Å². The van der Waals surface area contributed by atoms with E-state index in [0.717, 1.165) is 0 Å². The quantitative estimate of drug-likeness (QED) is 0.778. The van der Waals surface area contributed by atoms with Gasteiger partial charge in [0.05, 0.1) is 6.54 Å². The molecule has 110 valence electrons. The predicted molar refractivity (Wildman–Crippen MR) is 73.4 cm³/mol. The Morgan fingerprint density at radius 3 is 2.76 bits per heavy atom. The third-order valence-electron chi connectivity index (χ3n) is 3.21. The molecular formula is C15H15FN2O3. The summed E-state index contributed by atoms with van der Waals surface area (Å²) in [6.07, 6.45) is 0. The summed E-state index contributed by atoms with van der Waals surface area (Å²) in [5, 5.41) is 8.73. The van der Waals surface area contributed by atoms with Gasteiger partial charge in [0.1, 0.15) is 19.0 Å². The van der Waals surface area contributed by atoms with Gasteiger partial charge in [-0.2, -0.15) is 0 Å². The molecule has 0 aliphatic carbocycles. The van der Waals surface area contributed by atoms with Gasteiger partial charge in [-0.05, 0) is 17.7 Å². The summed E-state index contributed by atoms with van der Waals surface area (Å²) in [6.45, 7) is -0.104. The molecule has 1 aromatic carbocycles. The average Bonchev–Trinajstić information content (AvgIpc) is 2.44. The van der Waals surface area contributed by atoms with Crippen LogP contribution in [0.1, 0.15) is 11.1 Å². The number of carbonyl (C=O) groups is 2. The summed E-state index contributed by atoms with van der Waals surface area (Å²) in [6, 6.07) is 4.06. The van der Waals surface area contributed by atoms with Crippen molar-refractivity contribution >= 4 is 11.8 Å². The van der Waals surface area contributed by atoms with E-state index in [4.69, 9.17) is 5.11 Å². The largest absolute Gasteiger partial charge is 0.384 e. The lowest BCUT2D eigenvalue weighted by molar-refractivity contribution is -0.149. The lowest BCUT2D eigenvalue weighted by atomic mass is 10.1. The number of aliphatic hydroxyl groups excluding tert-OH is 1. The Hall–Kier alpha value is -2.39. The minimum Gasteiger partial charge on any atom is -0.384 e. The van der Waals surface area contributed by atoms with Gasteiger partial charge in [0.15, 0.2) is 0 Å². The second kappa shape index (κ2) is 6.37. The summed E-state index contributed by atoms with van der Waals surface area (Å²) in [5.41, 5.74) is 1.05. The zero-order chi connectivity index (χ0) is 15.4. The molecule has 1 aliphatic heterocycles. The van der Waals surface area contributed by atoms with Gasteiger partial charge in [0.25, 0.3) is 0 Å². The van der Waals surface area contributed by atoms with Crippen LogP contribution in [0.4, 0.5) is 4.39 Å². The first kappa shape index (κ1) is 15.0. The van der Waals surface area contributed by atoms with Crippen LogP contribution in [0.2, 0.25) is 0 Å². The van der Waals surface area contributed by atoms with Crippen molar-refractivity contribution in [1.82, 2.24) is 9.80 Å². The maximum atomic E-state index is 13.3. The number of hydrogen-bond donors (Lipinski definition) is 1. The Balaban J connectivity index is 2.23. The molecule has 1 saturated heterocycles. The van der Waals surface area contributed by atoms with Crippen LogP contribution < -0.4 is 0 Å². The van der Waals surface area contributed by atoms with Crippen molar-refractivity contribution in [3.05, 3.63) is 35.1 Å². The van der Waals surface area contributed by atoms with Crippen LogP contribution in [0.25, 0.3) is 0 Å². The minimum absolute atomic E-state index is 0.000418. The molecule has 0 spiro atoms. The number of aliphatic hydroxyl groups is 1. The Morgan fingerprint density at radius 2 is 2.05 bits per heavy atom. The van der Waals surface area contributed by atoms with Crippen LogP contribution in [-0.2, 0) is 16.1 Å². The van der Waals surface area contributed by atoms with Crippen LogP contribution in [0, 0.1) is 17.7 Å². The number of benzene rings is 1. The summed E-state index contributed by atoms with van der Waals surface area (Å²) < 4.78 is 13.3. The Morgan fingerprint density at radius 1 is 1.29 bits per heavy atom. The van der Waals surface area contributed by atoms with Gasteiger partial charge < -0.3 is 14.9 Å². The number of likely N-dealkylation sites (N-methyl/N-ethyl adjacent to an activating group) is 1. The van der Waals surface area contributed by atoms with Crippen LogP contribution in [0.3, 0.4) is 0 Å². The summed E-state index contributed by atoms with van der Waals surface area (Å²) in [7, 11) is 1.58. The lowest BCUT2D eigenvalue weighted by Gasteiger charge is -2.31. The van der Waals surface area contributed by atoms with Crippen LogP contribution in [-0.4, -0.2) is 53.5 Å². The molecule has 0 aromatic heterocycles. The Labute approximate surface area is 122 Å². The summed E-state index contributed by atoms with van der Waals surface area (Å²) in [5.74, 6) is 4.37. The fourth-order valence-corrected chi connectivity index (χ4v) is 2.05. The molecule has 2 amide bonds. The fourth-order valence-electron chi connectivity index (χ4n) is 2.05. The molecule has 1 N–H and O–H groups in total. The van der Waals surface area contributed by atoms with Gasteiger partial charge in [-0.15, -0.1) is 0 Å². The highest BCUT2D eigenvalue weighted by Gasteiger charge is 2.27. The zero-order valence-electron chi connectivity index (χ0n) is 11.6. The average molecular weight is 290 g/mol. The van der Waals surface area contributed by atoms with E-state index >= 15 is 0 Å². The van der Waals surface area contributed by atoms with Gasteiger partial charge in [-0.3, -0.25) is 9.59 Å². The van der Waals surface area contributed by atoms with Crippen molar-refractivity contribution in [3.63, 3.8) is 0 Å². The van der Waals surface area contributed by atoms with Crippen LogP contribution >= 0.6 is 0 Å². The van der Waals surface area contributed by atoms with Gasteiger partial charge in [0, 0.05) is 19.2 Å². The first-order chi connectivity index (χ1) is 10.0. The molecule has 0 radical (unpaired) electrons. The number of hydrogen-bond acceptors (Lipinski definition) is 3. The molecule has 1 fully saturated rings. The molecule has 0 saturated carbocycles. The van der Waals surface area contributed by atoms with Crippen molar-refractivity contribution in [3.8, 4) is 11.8 Å². The molecular weight excluding hydrogens is 275 g/mol. The molecule has 21 heavy (non-hydrogen) atoms. The number of rotatable bonds is 2. The molecule has 6 heteroatoms. The van der Waals surface area contributed by atoms with Gasteiger partial charge >= 0.3 is 0 Å². The lowest BCUT2D eigenvalue weighted by Crippen LogP contribution is -2.51. The van der Waals surface area contributed by atoms with Gasteiger partial charge in [-0.1, -0.05) is 17.9 Å². The van der Waals surface area contributed by atoms with Crippen LogP contribution in [0.5, 0.6) is 0 Å². The number of piperazine rings is 1. The molecule has 2 rings (SSSR count). The second-order valence-corrected chi connectivity index (χ2v) is 4.76. The predicted octanol–water partition coefficient (Wildman–Crippen LogP) is -0.0299. The zero-order valence-corrected chi connectivity index (χ0v) is 11.6. The van der Waals surface area contributed by atoms with E-state index in [1.807, 2.05) is 0 Å². The highest BCUT2D eigenvalue weighted by atomic mass is 19.1. The Kier molecular flexibility index (Phi) is 4.55. The minimum atomic E-state index is -0.443. The molecule has 1 aliphatic rings. The van der Waals surface area contributed by atoms with E-state index in [1.54, 1.807) is 7.05 Å². The number of nitrogens with zero attached hydrogens (tertiary/aromatic N) is 2. The third kappa shape index (κ3) is 3.58. The van der Waals surface area contributed by atoms with Crippen LogP contribution in [0.15, 0.2) is 18.2 Å². The first-order valence-electron chi connectivity index (χ1n) is 6.41. The molecule has 1 aromatic rings. The maximum absolute atomic E-state index is 13.3. The summed E-state index contributed by atoms with van der Waals surface area (Å²) in [4.78, 5) is 26.4. The Bertz CT molecular complexity index is 634. The number of carbonyl (C=O) groups excluding carboxylic acids is 2. The normalized spacial score (nSPS) is 15.0. The van der Waals surface area contributed by atoms with Crippen molar-refractivity contribution in [2.45, 2.75) is 6.54 Å².